The molecule has 18 heavy (non-hydrogen) atoms. The van der Waals surface area contributed by atoms with Crippen LogP contribution in [0.25, 0.3) is 0 Å². The van der Waals surface area contributed by atoms with E-state index in [9.17, 15) is 19.1 Å². The largest absolute Gasteiger partial charge is 0.491 e. The molecule has 100 valence electrons. The van der Waals surface area contributed by atoms with Crippen molar-refractivity contribution in [1.29, 1.82) is 0 Å². The third kappa shape index (κ3) is 1.89. The van der Waals surface area contributed by atoms with Crippen LogP contribution in [0.2, 0.25) is 0 Å². The number of aromatic amines is 1. The van der Waals surface area contributed by atoms with E-state index in [1.165, 1.54) is 0 Å². The lowest BCUT2D eigenvalue weighted by atomic mass is 10.00. The maximum atomic E-state index is 13.4. The van der Waals surface area contributed by atoms with Gasteiger partial charge in [-0.05, 0) is 33.1 Å². The van der Waals surface area contributed by atoms with E-state index >= 15 is 0 Å². The number of halogens is 1. The monoisotopic (exact) mass is 257 g/mol. The Bertz CT molecular complexity index is 556. The van der Waals surface area contributed by atoms with Crippen molar-refractivity contribution in [2.24, 2.45) is 0 Å². The van der Waals surface area contributed by atoms with Gasteiger partial charge in [-0.25, -0.2) is 4.79 Å². The Balaban J connectivity index is 2.60. The lowest BCUT2D eigenvalue weighted by molar-refractivity contribution is 0.282. The van der Waals surface area contributed by atoms with Crippen LogP contribution >= 0.6 is 0 Å². The summed E-state index contributed by atoms with van der Waals surface area (Å²) < 4.78 is 14.2. The Morgan fingerprint density at radius 1 is 1.28 bits per heavy atom. The number of nitrogens with zero attached hydrogens (tertiary/aromatic N) is 2. The molecule has 1 aliphatic rings. The van der Waals surface area contributed by atoms with Gasteiger partial charge in [0.05, 0.1) is 0 Å². The van der Waals surface area contributed by atoms with Gasteiger partial charge in [0.15, 0.2) is 0 Å². The highest BCUT2D eigenvalue weighted by atomic mass is 19.1. The van der Waals surface area contributed by atoms with Crippen LogP contribution in [0.4, 0.5) is 4.39 Å². The molecule has 0 bridgehead atoms. The van der Waals surface area contributed by atoms with Gasteiger partial charge in [0.2, 0.25) is 5.82 Å². The van der Waals surface area contributed by atoms with E-state index in [1.807, 2.05) is 18.8 Å². The van der Waals surface area contributed by atoms with Crippen LogP contribution in [0.1, 0.15) is 33.1 Å². The second-order valence-electron chi connectivity index (χ2n) is 4.72. The summed E-state index contributed by atoms with van der Waals surface area (Å²) in [6.45, 7) is 3.79. The first-order valence-corrected chi connectivity index (χ1v) is 5.96. The molecular formula is C11H16FN3O3. The van der Waals surface area contributed by atoms with Crippen molar-refractivity contribution in [3.8, 4) is 5.88 Å². The average molecular weight is 257 g/mol. The van der Waals surface area contributed by atoms with Crippen molar-refractivity contribution >= 4 is 0 Å². The molecule has 1 saturated heterocycles. The Morgan fingerprint density at radius 3 is 2.39 bits per heavy atom. The lowest BCUT2D eigenvalue weighted by Crippen LogP contribution is -2.56. The molecule has 2 atom stereocenters. The second-order valence-corrected chi connectivity index (χ2v) is 4.72. The molecule has 1 fully saturated rings. The summed E-state index contributed by atoms with van der Waals surface area (Å²) in [5.74, 6) is -2.26. The Morgan fingerprint density at radius 2 is 1.83 bits per heavy atom. The van der Waals surface area contributed by atoms with Crippen LogP contribution < -0.4 is 16.3 Å². The van der Waals surface area contributed by atoms with Gasteiger partial charge < -0.3 is 10.1 Å². The van der Waals surface area contributed by atoms with Crippen molar-refractivity contribution in [1.82, 2.24) is 9.66 Å². The number of nitrogens with one attached hydrogen (secondary N) is 1. The lowest BCUT2D eigenvalue weighted by Gasteiger charge is -2.41. The van der Waals surface area contributed by atoms with Crippen LogP contribution in [0.5, 0.6) is 5.88 Å². The van der Waals surface area contributed by atoms with Crippen LogP contribution in [-0.2, 0) is 0 Å². The molecule has 1 aromatic heterocycles. The summed E-state index contributed by atoms with van der Waals surface area (Å²) >= 11 is 0. The molecule has 2 rings (SSSR count). The molecule has 1 aliphatic heterocycles. The molecular weight excluding hydrogens is 241 g/mol. The Kier molecular flexibility index (Phi) is 3.14. The first kappa shape index (κ1) is 12.7. The number of H-pyrrole nitrogens is 1. The van der Waals surface area contributed by atoms with Gasteiger partial charge in [-0.1, -0.05) is 0 Å². The predicted molar refractivity (Wildman–Crippen MR) is 63.9 cm³/mol. The fourth-order valence-electron chi connectivity index (χ4n) is 2.51. The summed E-state index contributed by atoms with van der Waals surface area (Å²) in [5.41, 5.74) is -2.02. The number of hydrogen-bond donors (Lipinski definition) is 2. The molecule has 6 nitrogen and oxygen atoms in total. The van der Waals surface area contributed by atoms with E-state index in [4.69, 9.17) is 0 Å². The zero-order valence-corrected chi connectivity index (χ0v) is 10.3. The minimum atomic E-state index is -1.33. The number of aromatic hydroxyl groups is 1. The number of aromatic nitrogens is 2. The average Bonchev–Trinajstić information content (AvgIpc) is 2.30. The minimum Gasteiger partial charge on any atom is -0.491 e. The van der Waals surface area contributed by atoms with E-state index in [0.717, 1.165) is 23.9 Å². The Labute approximate surface area is 103 Å². The van der Waals surface area contributed by atoms with E-state index in [-0.39, 0.29) is 12.1 Å². The highest BCUT2D eigenvalue weighted by Gasteiger charge is 2.29. The third-order valence-electron chi connectivity index (χ3n) is 3.39. The zero-order valence-electron chi connectivity index (χ0n) is 10.3. The SMILES string of the molecule is CC1CCCC(C)N1n1c(O)c(F)c(=O)[nH]c1=O. The van der Waals surface area contributed by atoms with Crippen LogP contribution in [-0.4, -0.2) is 26.9 Å². The summed E-state index contributed by atoms with van der Waals surface area (Å²) in [6, 6.07) is -0.0229. The van der Waals surface area contributed by atoms with Crippen molar-refractivity contribution in [3.05, 3.63) is 26.7 Å². The molecule has 1 aromatic rings. The number of hydrogen-bond acceptors (Lipinski definition) is 4. The molecule has 2 unspecified atom stereocenters. The van der Waals surface area contributed by atoms with Gasteiger partial charge in [-0.3, -0.25) is 9.78 Å². The molecule has 0 aromatic carbocycles. The molecule has 2 heterocycles. The maximum Gasteiger partial charge on any atom is 0.350 e. The number of rotatable bonds is 1. The number of piperidine rings is 1. The van der Waals surface area contributed by atoms with Crippen molar-refractivity contribution < 1.29 is 9.50 Å². The van der Waals surface area contributed by atoms with Gasteiger partial charge in [-0.15, -0.1) is 0 Å². The molecule has 2 N–H and O–H groups in total. The van der Waals surface area contributed by atoms with Gasteiger partial charge in [-0.2, -0.15) is 9.07 Å². The van der Waals surface area contributed by atoms with Gasteiger partial charge in [0.25, 0.3) is 11.4 Å². The quantitative estimate of drug-likeness (QED) is 0.757. The summed E-state index contributed by atoms with van der Waals surface area (Å²) in [7, 11) is 0. The van der Waals surface area contributed by atoms with E-state index in [2.05, 4.69) is 0 Å². The molecule has 7 heteroatoms. The first-order chi connectivity index (χ1) is 8.43. The highest BCUT2D eigenvalue weighted by molar-refractivity contribution is 5.15. The summed E-state index contributed by atoms with van der Waals surface area (Å²) in [4.78, 5) is 24.6. The molecule has 0 amide bonds. The van der Waals surface area contributed by atoms with Crippen molar-refractivity contribution in [3.63, 3.8) is 0 Å². The van der Waals surface area contributed by atoms with Gasteiger partial charge in [0, 0.05) is 12.1 Å². The fraction of sp³-hybridized carbons (Fsp3) is 0.636. The summed E-state index contributed by atoms with van der Waals surface area (Å²) in [5, 5.41) is 11.3. The smallest absolute Gasteiger partial charge is 0.350 e. The van der Waals surface area contributed by atoms with Gasteiger partial charge in [0.1, 0.15) is 0 Å². The minimum absolute atomic E-state index is 0.0114. The standard InChI is InChI=1S/C11H16FN3O3/c1-6-4-3-5-7(2)14(6)15-10(17)8(12)9(16)13-11(15)18/h6-7,17H,3-5H2,1-2H3,(H,13,16,18). The zero-order chi connectivity index (χ0) is 13.4. The van der Waals surface area contributed by atoms with Crippen molar-refractivity contribution in [2.45, 2.75) is 45.2 Å². The van der Waals surface area contributed by atoms with E-state index in [1.54, 1.807) is 5.01 Å². The maximum absolute atomic E-state index is 13.4. The van der Waals surface area contributed by atoms with Gasteiger partial charge >= 0.3 is 5.69 Å². The van der Waals surface area contributed by atoms with E-state index < -0.39 is 22.9 Å². The predicted octanol–water partition coefficient (Wildman–Crippen LogP) is 0.280. The first-order valence-electron chi connectivity index (χ1n) is 5.96. The molecule has 0 aliphatic carbocycles. The van der Waals surface area contributed by atoms with Crippen LogP contribution in [0.15, 0.2) is 9.59 Å². The van der Waals surface area contributed by atoms with Crippen LogP contribution in [0.3, 0.4) is 0 Å². The Hall–Kier alpha value is -1.79. The normalized spacial score (nSPS) is 24.3. The fourth-order valence-corrected chi connectivity index (χ4v) is 2.51. The molecule has 0 saturated carbocycles. The molecule has 0 radical (unpaired) electrons. The van der Waals surface area contributed by atoms with Crippen molar-refractivity contribution in [2.75, 3.05) is 5.01 Å². The highest BCUT2D eigenvalue weighted by Crippen LogP contribution is 2.22. The van der Waals surface area contributed by atoms with E-state index in [0.29, 0.717) is 0 Å². The topological polar surface area (TPSA) is 78.3 Å². The third-order valence-corrected chi connectivity index (χ3v) is 3.39. The molecule has 0 spiro atoms. The summed E-state index contributed by atoms with van der Waals surface area (Å²) in [6.07, 6.45) is 2.70. The van der Waals surface area contributed by atoms with Crippen LogP contribution in [0, 0.1) is 5.82 Å². The second kappa shape index (κ2) is 4.47.